The molecule has 148 valence electrons. The van der Waals surface area contributed by atoms with Gasteiger partial charge in [0.2, 0.25) is 26.6 Å². The first-order valence-corrected chi connectivity index (χ1v) is 10.6. The lowest BCUT2D eigenvalue weighted by Crippen LogP contribution is -2.17. The number of oxazole rings is 1. The molecule has 0 amide bonds. The highest BCUT2D eigenvalue weighted by molar-refractivity contribution is 7.91. The zero-order valence-electron chi connectivity index (χ0n) is 16.3. The van der Waals surface area contributed by atoms with Gasteiger partial charge in [-0.15, -0.1) is 0 Å². The molecule has 0 aliphatic carbocycles. The van der Waals surface area contributed by atoms with Gasteiger partial charge in [-0.05, 0) is 58.3 Å². The first kappa shape index (κ1) is 20.1. The predicted octanol–water partition coefficient (Wildman–Crippen LogP) is 3.85. The third-order valence-corrected chi connectivity index (χ3v) is 5.95. The topological polar surface area (TPSA) is 75.4 Å². The van der Waals surface area contributed by atoms with E-state index in [4.69, 9.17) is 4.42 Å². The van der Waals surface area contributed by atoms with E-state index < -0.39 is 9.84 Å². The number of benzene rings is 2. The Labute approximate surface area is 166 Å². The lowest BCUT2D eigenvalue weighted by Gasteiger charge is -2.10. The van der Waals surface area contributed by atoms with Gasteiger partial charge in [-0.1, -0.05) is 35.9 Å². The van der Waals surface area contributed by atoms with E-state index in [1.807, 2.05) is 45.3 Å². The summed E-state index contributed by atoms with van der Waals surface area (Å²) in [6, 6.07) is 15.9. The minimum atomic E-state index is -3.80. The van der Waals surface area contributed by atoms with Crippen LogP contribution in [0.4, 0.5) is 5.88 Å². The fraction of sp³-hybridized carbons (Fsp3) is 0.286. The number of aryl methyl sites for hydroxylation is 1. The van der Waals surface area contributed by atoms with Crippen molar-refractivity contribution < 1.29 is 12.8 Å². The average molecular weight is 400 g/mol. The summed E-state index contributed by atoms with van der Waals surface area (Å²) in [4.78, 5) is 6.61. The molecular formula is C21H25N3O3S. The van der Waals surface area contributed by atoms with Crippen LogP contribution in [0.5, 0.6) is 0 Å². The number of hydrogen-bond donors (Lipinski definition) is 1. The summed E-state index contributed by atoms with van der Waals surface area (Å²) in [7, 11) is 0.194. The number of anilines is 1. The summed E-state index contributed by atoms with van der Waals surface area (Å²) < 4.78 is 32.1. The maximum atomic E-state index is 13.1. The molecule has 0 bridgehead atoms. The first-order chi connectivity index (χ1) is 13.4. The minimum absolute atomic E-state index is 0.0841. The van der Waals surface area contributed by atoms with Gasteiger partial charge in [0.15, 0.2) is 0 Å². The smallest absolute Gasteiger partial charge is 0.233 e. The van der Waals surface area contributed by atoms with Crippen LogP contribution in [0.15, 0.2) is 68.9 Å². The lowest BCUT2D eigenvalue weighted by molar-refractivity contribution is 0.404. The molecule has 3 rings (SSSR count). The van der Waals surface area contributed by atoms with Crippen LogP contribution in [0, 0.1) is 6.92 Å². The summed E-state index contributed by atoms with van der Waals surface area (Å²) >= 11 is 0. The highest BCUT2D eigenvalue weighted by Gasteiger charge is 2.28. The highest BCUT2D eigenvalue weighted by Crippen LogP contribution is 2.32. The molecule has 0 aliphatic heterocycles. The molecule has 0 unspecified atom stereocenters. The average Bonchev–Trinajstić information content (AvgIpc) is 3.11. The Morgan fingerprint density at radius 1 is 1.04 bits per heavy atom. The van der Waals surface area contributed by atoms with E-state index in [1.54, 1.807) is 30.3 Å². The first-order valence-electron chi connectivity index (χ1n) is 9.14. The minimum Gasteiger partial charge on any atom is -0.419 e. The molecule has 6 nitrogen and oxygen atoms in total. The number of rotatable bonds is 8. The molecule has 1 N–H and O–H groups in total. The van der Waals surface area contributed by atoms with Crippen LogP contribution in [0.2, 0.25) is 0 Å². The summed E-state index contributed by atoms with van der Waals surface area (Å²) in [6.07, 6.45) is 0.846. The van der Waals surface area contributed by atoms with E-state index in [0.29, 0.717) is 6.54 Å². The van der Waals surface area contributed by atoms with Gasteiger partial charge in [-0.25, -0.2) is 8.42 Å². The normalized spacial score (nSPS) is 11.7. The van der Waals surface area contributed by atoms with Crippen molar-refractivity contribution in [2.24, 2.45) is 0 Å². The molecule has 0 atom stereocenters. The zero-order chi connectivity index (χ0) is 20.1. The van der Waals surface area contributed by atoms with Gasteiger partial charge in [-0.3, -0.25) is 0 Å². The standard InChI is InChI=1S/C21H25N3O3S/c1-16-10-12-17(13-11-16)19-23-21(20(27-19)22-14-7-15-24(2)3)28(25,26)18-8-5-4-6-9-18/h4-6,8-13,22H,7,14-15H2,1-3H3. The number of nitrogens with one attached hydrogen (secondary N) is 1. The number of nitrogens with zero attached hydrogens (tertiary/aromatic N) is 2. The Kier molecular flexibility index (Phi) is 6.16. The van der Waals surface area contributed by atoms with Crippen LogP contribution in [-0.4, -0.2) is 45.5 Å². The Morgan fingerprint density at radius 2 is 1.71 bits per heavy atom. The third kappa shape index (κ3) is 4.61. The molecule has 0 aliphatic rings. The molecule has 2 aromatic carbocycles. The second kappa shape index (κ2) is 8.58. The molecule has 0 spiro atoms. The number of hydrogen-bond acceptors (Lipinski definition) is 6. The van der Waals surface area contributed by atoms with Gasteiger partial charge in [0, 0.05) is 12.1 Å². The van der Waals surface area contributed by atoms with Crippen LogP contribution < -0.4 is 5.32 Å². The van der Waals surface area contributed by atoms with Crippen molar-refractivity contribution >= 4 is 15.7 Å². The molecule has 1 aromatic heterocycles. The Balaban J connectivity index is 1.97. The van der Waals surface area contributed by atoms with Crippen molar-refractivity contribution in [3.8, 4) is 11.5 Å². The van der Waals surface area contributed by atoms with Gasteiger partial charge in [0.05, 0.1) is 4.90 Å². The van der Waals surface area contributed by atoms with E-state index >= 15 is 0 Å². The maximum absolute atomic E-state index is 13.1. The van der Waals surface area contributed by atoms with Gasteiger partial charge >= 0.3 is 0 Å². The fourth-order valence-electron chi connectivity index (χ4n) is 2.73. The second-order valence-electron chi connectivity index (χ2n) is 6.92. The molecule has 28 heavy (non-hydrogen) atoms. The molecule has 7 heteroatoms. The Hall–Kier alpha value is -2.64. The van der Waals surface area contributed by atoms with Crippen LogP contribution in [0.25, 0.3) is 11.5 Å². The molecule has 3 aromatic rings. The quantitative estimate of drug-likeness (QED) is 0.580. The second-order valence-corrected chi connectivity index (χ2v) is 8.78. The van der Waals surface area contributed by atoms with Crippen molar-refractivity contribution in [1.29, 1.82) is 0 Å². The fourth-order valence-corrected chi connectivity index (χ4v) is 4.03. The van der Waals surface area contributed by atoms with E-state index in [9.17, 15) is 8.42 Å². The van der Waals surface area contributed by atoms with Crippen LogP contribution in [0.1, 0.15) is 12.0 Å². The van der Waals surface area contributed by atoms with Crippen LogP contribution in [0.3, 0.4) is 0 Å². The zero-order valence-corrected chi connectivity index (χ0v) is 17.2. The highest BCUT2D eigenvalue weighted by atomic mass is 32.2. The maximum Gasteiger partial charge on any atom is 0.233 e. The largest absolute Gasteiger partial charge is 0.419 e. The summed E-state index contributed by atoms with van der Waals surface area (Å²) in [6.45, 7) is 3.45. The lowest BCUT2D eigenvalue weighted by atomic mass is 10.1. The van der Waals surface area contributed by atoms with Crippen molar-refractivity contribution in [1.82, 2.24) is 9.88 Å². The van der Waals surface area contributed by atoms with Gasteiger partial charge < -0.3 is 14.6 Å². The third-order valence-electron chi connectivity index (χ3n) is 4.27. The molecule has 0 saturated heterocycles. The molecular weight excluding hydrogens is 374 g/mol. The van der Waals surface area contributed by atoms with E-state index in [1.165, 1.54) is 0 Å². The molecule has 0 radical (unpaired) electrons. The molecule has 0 saturated carbocycles. The van der Waals surface area contributed by atoms with Crippen molar-refractivity contribution in [3.63, 3.8) is 0 Å². The van der Waals surface area contributed by atoms with E-state index in [2.05, 4.69) is 15.2 Å². The van der Waals surface area contributed by atoms with Gasteiger partial charge in [0.25, 0.3) is 0 Å². The number of sulfone groups is 1. The monoisotopic (exact) mass is 399 g/mol. The van der Waals surface area contributed by atoms with Crippen molar-refractivity contribution in [3.05, 3.63) is 60.2 Å². The molecule has 1 heterocycles. The van der Waals surface area contributed by atoms with Crippen LogP contribution >= 0.6 is 0 Å². The Morgan fingerprint density at radius 3 is 2.36 bits per heavy atom. The summed E-state index contributed by atoms with van der Waals surface area (Å²) in [5.41, 5.74) is 1.84. The Bertz CT molecular complexity index is 1010. The summed E-state index contributed by atoms with van der Waals surface area (Å²) in [5, 5.41) is 3.03. The van der Waals surface area contributed by atoms with E-state index in [-0.39, 0.29) is 21.7 Å². The van der Waals surface area contributed by atoms with Crippen molar-refractivity contribution in [2.45, 2.75) is 23.3 Å². The molecule has 0 fully saturated rings. The van der Waals surface area contributed by atoms with Crippen molar-refractivity contribution in [2.75, 3.05) is 32.5 Å². The van der Waals surface area contributed by atoms with E-state index in [0.717, 1.165) is 24.1 Å². The van der Waals surface area contributed by atoms with Gasteiger partial charge in [-0.2, -0.15) is 4.98 Å². The van der Waals surface area contributed by atoms with Gasteiger partial charge in [0.1, 0.15) is 0 Å². The SMILES string of the molecule is Cc1ccc(-c2nc(S(=O)(=O)c3ccccc3)c(NCCCN(C)C)o2)cc1. The summed E-state index contributed by atoms with van der Waals surface area (Å²) in [5.74, 6) is 0.461. The predicted molar refractivity (Wildman–Crippen MR) is 110 cm³/mol. The van der Waals surface area contributed by atoms with Crippen LogP contribution in [-0.2, 0) is 9.84 Å². The number of aromatic nitrogens is 1.